The van der Waals surface area contributed by atoms with Crippen LogP contribution in [0.4, 0.5) is 13.6 Å². The molecule has 124 valence electrons. The highest BCUT2D eigenvalue weighted by molar-refractivity contribution is 5.67. The predicted molar refractivity (Wildman–Crippen MR) is 76.2 cm³/mol. The number of rotatable bonds is 5. The fourth-order valence-corrected chi connectivity index (χ4v) is 3.84. The average Bonchev–Trinajstić information content (AvgIpc) is 2.31. The van der Waals surface area contributed by atoms with Crippen LogP contribution in [-0.2, 0) is 9.47 Å². The second-order valence-corrected chi connectivity index (χ2v) is 7.44. The monoisotopic (exact) mass is 307 g/mol. The van der Waals surface area contributed by atoms with Crippen LogP contribution in [0.15, 0.2) is 0 Å². The number of alkyl carbamates (subject to hydrolysis) is 1. The number of nitrogens with one attached hydrogen (secondary N) is 1. The maximum Gasteiger partial charge on any atom is 0.407 e. The molecule has 0 aliphatic heterocycles. The molecular weight excluding hydrogens is 280 g/mol. The maximum absolute atomic E-state index is 12.8. The summed E-state index contributed by atoms with van der Waals surface area (Å²) in [6.45, 7) is 8.12. The molecule has 2 unspecified atom stereocenters. The molecule has 4 nitrogen and oxygen atoms in total. The average molecular weight is 307 g/mol. The van der Waals surface area contributed by atoms with Crippen LogP contribution in [0.25, 0.3) is 0 Å². The van der Waals surface area contributed by atoms with Crippen molar-refractivity contribution >= 4 is 6.09 Å². The van der Waals surface area contributed by atoms with E-state index in [1.54, 1.807) is 0 Å². The van der Waals surface area contributed by atoms with Crippen molar-refractivity contribution in [3.8, 4) is 0 Å². The molecule has 2 atom stereocenters. The molecule has 1 rings (SSSR count). The molecule has 0 radical (unpaired) electrons. The highest BCUT2D eigenvalue weighted by atomic mass is 19.3. The molecule has 0 aromatic rings. The summed E-state index contributed by atoms with van der Waals surface area (Å²) in [4.78, 5) is 11.5. The smallest absolute Gasteiger partial charge is 0.407 e. The first kappa shape index (κ1) is 18.1. The van der Waals surface area contributed by atoms with Crippen LogP contribution in [0.2, 0.25) is 0 Å². The summed E-state index contributed by atoms with van der Waals surface area (Å²) < 4.78 is 34.0. The number of carbonyl (C=O) groups is 1. The van der Waals surface area contributed by atoms with Gasteiger partial charge in [-0.05, 0) is 36.0 Å². The summed E-state index contributed by atoms with van der Waals surface area (Å²) >= 11 is 0. The van der Waals surface area contributed by atoms with Crippen LogP contribution in [0.3, 0.4) is 0 Å². The molecule has 6 heteroatoms. The Bertz CT molecular complexity index is 374. The Kier molecular flexibility index (Phi) is 5.58. The lowest BCUT2D eigenvalue weighted by molar-refractivity contribution is -0.241. The molecule has 1 N–H and O–H groups in total. The normalized spacial score (nSPS) is 29.0. The first-order chi connectivity index (χ1) is 9.47. The van der Waals surface area contributed by atoms with Crippen LogP contribution < -0.4 is 5.32 Å². The van der Waals surface area contributed by atoms with Crippen molar-refractivity contribution < 1.29 is 23.0 Å². The summed E-state index contributed by atoms with van der Waals surface area (Å²) in [7, 11) is 0.869. The molecular formula is C15H27F2NO3. The third-order valence-electron chi connectivity index (χ3n) is 3.98. The van der Waals surface area contributed by atoms with E-state index in [-0.39, 0.29) is 10.8 Å². The largest absolute Gasteiger partial charge is 0.440 e. The van der Waals surface area contributed by atoms with E-state index in [4.69, 9.17) is 0 Å². The van der Waals surface area contributed by atoms with Crippen molar-refractivity contribution in [1.82, 2.24) is 5.32 Å². The molecule has 1 aliphatic rings. The minimum absolute atomic E-state index is 0.0377. The van der Waals surface area contributed by atoms with Gasteiger partial charge in [0.2, 0.25) is 0 Å². The van der Waals surface area contributed by atoms with Gasteiger partial charge in [0, 0.05) is 13.7 Å². The van der Waals surface area contributed by atoms with E-state index in [2.05, 4.69) is 42.5 Å². The Morgan fingerprint density at radius 2 is 1.95 bits per heavy atom. The van der Waals surface area contributed by atoms with Gasteiger partial charge in [-0.2, -0.15) is 8.78 Å². The second-order valence-electron chi connectivity index (χ2n) is 7.44. The van der Waals surface area contributed by atoms with Gasteiger partial charge in [0.15, 0.2) is 6.61 Å². The van der Waals surface area contributed by atoms with Crippen molar-refractivity contribution in [2.75, 3.05) is 20.3 Å². The molecule has 0 heterocycles. The van der Waals surface area contributed by atoms with Crippen molar-refractivity contribution in [2.45, 2.75) is 53.1 Å². The maximum atomic E-state index is 12.8. The van der Waals surface area contributed by atoms with Gasteiger partial charge in [-0.3, -0.25) is 0 Å². The first-order valence-corrected chi connectivity index (χ1v) is 7.31. The molecule has 0 spiro atoms. The Balaban J connectivity index is 2.44. The minimum atomic E-state index is -3.44. The van der Waals surface area contributed by atoms with Gasteiger partial charge in [-0.1, -0.05) is 27.7 Å². The van der Waals surface area contributed by atoms with Gasteiger partial charge >= 0.3 is 12.2 Å². The molecule has 1 amide bonds. The first-order valence-electron chi connectivity index (χ1n) is 7.31. The fourth-order valence-electron chi connectivity index (χ4n) is 3.84. The zero-order chi connectivity index (χ0) is 16.3. The highest BCUT2D eigenvalue weighted by Gasteiger charge is 2.40. The zero-order valence-corrected chi connectivity index (χ0v) is 13.6. The van der Waals surface area contributed by atoms with Gasteiger partial charge in [0.25, 0.3) is 0 Å². The highest BCUT2D eigenvalue weighted by Crippen LogP contribution is 2.48. The minimum Gasteiger partial charge on any atom is -0.440 e. The summed E-state index contributed by atoms with van der Waals surface area (Å²) in [5.74, 6) is 0.578. The number of ether oxygens (including phenoxy) is 2. The van der Waals surface area contributed by atoms with Crippen molar-refractivity contribution in [3.05, 3.63) is 0 Å². The lowest BCUT2D eigenvalue weighted by atomic mass is 9.61. The quantitative estimate of drug-likeness (QED) is 0.840. The molecule has 1 aliphatic carbocycles. The number of carbonyl (C=O) groups excluding carboxylic acids is 1. The summed E-state index contributed by atoms with van der Waals surface area (Å²) in [6, 6.07) is 0. The van der Waals surface area contributed by atoms with Gasteiger partial charge in [-0.15, -0.1) is 0 Å². The van der Waals surface area contributed by atoms with E-state index in [9.17, 15) is 13.6 Å². The predicted octanol–water partition coefficient (Wildman–Crippen LogP) is 3.80. The number of halogens is 2. The van der Waals surface area contributed by atoms with Crippen LogP contribution in [0, 0.1) is 16.7 Å². The van der Waals surface area contributed by atoms with Crippen molar-refractivity contribution in [3.63, 3.8) is 0 Å². The van der Waals surface area contributed by atoms with E-state index in [1.807, 2.05) is 0 Å². The van der Waals surface area contributed by atoms with Crippen molar-refractivity contribution in [1.29, 1.82) is 0 Å². The molecule has 0 aromatic heterocycles. The number of hydrogen-bond acceptors (Lipinski definition) is 3. The third kappa shape index (κ3) is 6.16. The SMILES string of the molecule is COC(F)(F)COC(=O)NCC1(C)CC(C)CC(C)(C)C1. The van der Waals surface area contributed by atoms with Gasteiger partial charge in [0.05, 0.1) is 0 Å². The van der Waals surface area contributed by atoms with E-state index < -0.39 is 18.8 Å². The van der Waals surface area contributed by atoms with E-state index in [0.717, 1.165) is 26.4 Å². The standard InChI is InChI=1S/C15H27F2NO3/c1-11-6-13(2,3)8-14(4,7-11)9-18-12(19)21-10-15(16,17)20-5/h11H,6-10H2,1-5H3,(H,18,19). The van der Waals surface area contributed by atoms with Gasteiger partial charge in [0.1, 0.15) is 0 Å². The third-order valence-corrected chi connectivity index (χ3v) is 3.98. The molecule has 1 fully saturated rings. The van der Waals surface area contributed by atoms with Crippen LogP contribution in [0.5, 0.6) is 0 Å². The van der Waals surface area contributed by atoms with Crippen LogP contribution in [-0.4, -0.2) is 32.5 Å². The lowest BCUT2D eigenvalue weighted by Gasteiger charge is -2.45. The van der Waals surface area contributed by atoms with E-state index >= 15 is 0 Å². The molecule has 1 saturated carbocycles. The van der Waals surface area contributed by atoms with Crippen LogP contribution >= 0.6 is 0 Å². The summed E-state index contributed by atoms with van der Waals surface area (Å²) in [5, 5.41) is 2.60. The Hall–Kier alpha value is -0.910. The number of amides is 1. The topological polar surface area (TPSA) is 47.6 Å². The lowest BCUT2D eigenvalue weighted by Crippen LogP contribution is -2.43. The van der Waals surface area contributed by atoms with Gasteiger partial charge in [-0.25, -0.2) is 4.79 Å². The zero-order valence-electron chi connectivity index (χ0n) is 13.6. The Morgan fingerprint density at radius 1 is 1.33 bits per heavy atom. The summed E-state index contributed by atoms with van der Waals surface area (Å²) in [5.41, 5.74) is 0.186. The molecule has 0 bridgehead atoms. The van der Waals surface area contributed by atoms with Gasteiger partial charge < -0.3 is 14.8 Å². The van der Waals surface area contributed by atoms with Crippen molar-refractivity contribution in [2.24, 2.45) is 16.7 Å². The van der Waals surface area contributed by atoms with Crippen LogP contribution in [0.1, 0.15) is 47.0 Å². The number of alkyl halides is 2. The summed E-state index contributed by atoms with van der Waals surface area (Å²) in [6.07, 6.45) is -1.12. The number of methoxy groups -OCH3 is 1. The fraction of sp³-hybridized carbons (Fsp3) is 0.933. The van der Waals surface area contributed by atoms with E-state index in [0.29, 0.717) is 12.5 Å². The molecule has 0 saturated heterocycles. The Morgan fingerprint density at radius 3 is 2.48 bits per heavy atom. The molecule has 0 aromatic carbocycles. The Labute approximate surface area is 125 Å². The molecule has 21 heavy (non-hydrogen) atoms. The number of hydrogen-bond donors (Lipinski definition) is 1. The second kappa shape index (κ2) is 6.46. The van der Waals surface area contributed by atoms with E-state index in [1.165, 1.54) is 0 Å².